The van der Waals surface area contributed by atoms with Gasteiger partial charge in [0.2, 0.25) is 5.69 Å². The van der Waals surface area contributed by atoms with Gasteiger partial charge in [0.15, 0.2) is 5.69 Å². The fourth-order valence-corrected chi connectivity index (χ4v) is 5.63. The number of aromatic nitrogens is 1. The first-order chi connectivity index (χ1) is 14.1. The first kappa shape index (κ1) is 16.7. The van der Waals surface area contributed by atoms with Gasteiger partial charge in [-0.05, 0) is 53.8 Å². The molecule has 2 atom stereocenters. The summed E-state index contributed by atoms with van der Waals surface area (Å²) >= 11 is 0. The number of pyridine rings is 1. The Morgan fingerprint density at radius 3 is 2.07 bits per heavy atom. The summed E-state index contributed by atoms with van der Waals surface area (Å²) in [6, 6.07) is 29.5. The van der Waals surface area contributed by atoms with E-state index in [1.165, 1.54) is 55.9 Å². The molecule has 0 spiro atoms. The fraction of sp³-hybridized carbons (Fsp3) is 0.179. The molecule has 0 saturated heterocycles. The maximum atomic E-state index is 2.45. The van der Waals surface area contributed by atoms with E-state index in [9.17, 15) is 0 Å². The summed E-state index contributed by atoms with van der Waals surface area (Å²) in [5.74, 6) is 0.633. The second-order valence-electron chi connectivity index (χ2n) is 8.56. The molecule has 29 heavy (non-hydrogen) atoms. The van der Waals surface area contributed by atoms with Gasteiger partial charge in [0, 0.05) is 23.1 Å². The first-order valence-electron chi connectivity index (χ1n) is 10.4. The van der Waals surface area contributed by atoms with Crippen LogP contribution in [0, 0.1) is 13.8 Å². The number of benzene rings is 3. The van der Waals surface area contributed by atoms with Crippen molar-refractivity contribution in [1.82, 2.24) is 0 Å². The van der Waals surface area contributed by atoms with Gasteiger partial charge >= 0.3 is 0 Å². The highest BCUT2D eigenvalue weighted by atomic mass is 15.0. The molecule has 1 heterocycles. The van der Waals surface area contributed by atoms with Crippen LogP contribution in [0.4, 0.5) is 0 Å². The molecule has 7 rings (SSSR count). The lowest BCUT2D eigenvalue weighted by atomic mass is 9.62. The number of hydrogen-bond acceptors (Lipinski definition) is 0. The Kier molecular flexibility index (Phi) is 3.41. The van der Waals surface area contributed by atoms with E-state index in [-0.39, 0.29) is 0 Å². The molecular formula is C28H24N+. The van der Waals surface area contributed by atoms with Crippen molar-refractivity contribution in [3.05, 3.63) is 124 Å². The Hall–Kier alpha value is -3.19. The number of nitrogens with zero attached hydrogens (tertiary/aromatic N) is 1. The van der Waals surface area contributed by atoms with Crippen LogP contribution in [0.2, 0.25) is 0 Å². The summed E-state index contributed by atoms with van der Waals surface area (Å²) in [6.07, 6.45) is 0. The molecule has 1 heteroatoms. The van der Waals surface area contributed by atoms with E-state index >= 15 is 0 Å². The third kappa shape index (κ3) is 2.19. The minimum Gasteiger partial charge on any atom is -0.197 e. The van der Waals surface area contributed by atoms with Crippen LogP contribution in [-0.4, -0.2) is 0 Å². The largest absolute Gasteiger partial charge is 0.212 e. The van der Waals surface area contributed by atoms with Crippen molar-refractivity contribution >= 4 is 0 Å². The number of hydrogen-bond donors (Lipinski definition) is 0. The molecule has 3 aliphatic rings. The van der Waals surface area contributed by atoms with Gasteiger partial charge < -0.3 is 0 Å². The van der Waals surface area contributed by atoms with Gasteiger partial charge in [-0.1, -0.05) is 66.2 Å². The van der Waals surface area contributed by atoms with Crippen LogP contribution in [0.5, 0.6) is 0 Å². The van der Waals surface area contributed by atoms with Crippen LogP contribution in [-0.2, 0) is 7.05 Å². The van der Waals surface area contributed by atoms with Gasteiger partial charge in [-0.3, -0.25) is 0 Å². The second-order valence-corrected chi connectivity index (χ2v) is 8.56. The van der Waals surface area contributed by atoms with E-state index in [1.54, 1.807) is 0 Å². The molecule has 2 bridgehead atoms. The zero-order valence-electron chi connectivity index (χ0n) is 17.1. The van der Waals surface area contributed by atoms with Gasteiger partial charge in [0.1, 0.15) is 7.05 Å². The minimum absolute atomic E-state index is 0.301. The van der Waals surface area contributed by atoms with Gasteiger partial charge in [-0.25, -0.2) is 0 Å². The predicted molar refractivity (Wildman–Crippen MR) is 117 cm³/mol. The molecule has 3 aromatic carbocycles. The van der Waals surface area contributed by atoms with Crippen LogP contribution in [0.1, 0.15) is 56.5 Å². The summed E-state index contributed by atoms with van der Waals surface area (Å²) in [5, 5.41) is 0. The average molecular weight is 375 g/mol. The second kappa shape index (κ2) is 5.90. The summed E-state index contributed by atoms with van der Waals surface area (Å²) in [5.41, 5.74) is 14.1. The third-order valence-corrected chi connectivity index (χ3v) is 6.93. The maximum absolute atomic E-state index is 2.45. The first-order valence-corrected chi connectivity index (χ1v) is 10.4. The summed E-state index contributed by atoms with van der Waals surface area (Å²) in [4.78, 5) is 0. The normalized spacial score (nSPS) is 18.2. The third-order valence-electron chi connectivity index (χ3n) is 6.93. The average Bonchev–Trinajstić information content (AvgIpc) is 2.74. The van der Waals surface area contributed by atoms with E-state index < -0.39 is 0 Å². The Morgan fingerprint density at radius 2 is 1.28 bits per heavy atom. The standard InChI is InChI=1S/C28H24N/c1-17-12-13-22-24(16-17)27-21-11-7-6-10-20(21)26(22)23-14-15-25(29(3)28(23)27)19-9-5-4-8-18(19)2/h4-16,26-27H,1-3H3/q+1. The predicted octanol–water partition coefficient (Wildman–Crippen LogP) is 5.78. The van der Waals surface area contributed by atoms with Gasteiger partial charge in [0.05, 0.1) is 5.92 Å². The Balaban J connectivity index is 1.68. The maximum Gasteiger partial charge on any atom is 0.212 e. The molecule has 0 aliphatic heterocycles. The van der Waals surface area contributed by atoms with Crippen LogP contribution in [0.3, 0.4) is 0 Å². The van der Waals surface area contributed by atoms with Gasteiger partial charge in [-0.15, -0.1) is 0 Å². The minimum atomic E-state index is 0.301. The smallest absolute Gasteiger partial charge is 0.197 e. The van der Waals surface area contributed by atoms with E-state index in [4.69, 9.17) is 0 Å². The lowest BCUT2D eigenvalue weighted by Gasteiger charge is -2.40. The lowest BCUT2D eigenvalue weighted by Crippen LogP contribution is -2.44. The van der Waals surface area contributed by atoms with Crippen molar-refractivity contribution in [2.24, 2.45) is 7.05 Å². The molecular weight excluding hydrogens is 350 g/mol. The van der Waals surface area contributed by atoms with E-state index in [1.807, 2.05) is 0 Å². The fourth-order valence-electron chi connectivity index (χ4n) is 5.63. The number of aryl methyl sites for hydroxylation is 2. The van der Waals surface area contributed by atoms with Crippen molar-refractivity contribution in [1.29, 1.82) is 0 Å². The number of rotatable bonds is 1. The molecule has 0 saturated carbocycles. The molecule has 0 radical (unpaired) electrons. The zero-order chi connectivity index (χ0) is 19.7. The Bertz CT molecular complexity index is 1300. The Labute approximate surface area is 172 Å². The van der Waals surface area contributed by atoms with E-state index in [2.05, 4.69) is 104 Å². The highest BCUT2D eigenvalue weighted by Crippen LogP contribution is 2.54. The molecule has 1 nitrogen and oxygen atoms in total. The van der Waals surface area contributed by atoms with Crippen LogP contribution < -0.4 is 4.57 Å². The molecule has 0 fully saturated rings. The highest BCUT2D eigenvalue weighted by molar-refractivity contribution is 5.68. The molecule has 0 N–H and O–H groups in total. The van der Waals surface area contributed by atoms with Crippen LogP contribution in [0.15, 0.2) is 78.9 Å². The molecule has 1 aromatic heterocycles. The van der Waals surface area contributed by atoms with E-state index in [0.717, 1.165) is 0 Å². The van der Waals surface area contributed by atoms with Crippen molar-refractivity contribution in [2.75, 3.05) is 0 Å². The van der Waals surface area contributed by atoms with Crippen molar-refractivity contribution in [2.45, 2.75) is 25.7 Å². The molecule has 140 valence electrons. The quantitative estimate of drug-likeness (QED) is 0.321. The molecule has 4 aromatic rings. The highest BCUT2D eigenvalue weighted by Gasteiger charge is 2.46. The van der Waals surface area contributed by atoms with E-state index in [0.29, 0.717) is 11.8 Å². The Morgan fingerprint density at radius 1 is 0.621 bits per heavy atom. The summed E-state index contributed by atoms with van der Waals surface area (Å²) in [7, 11) is 2.25. The molecule has 2 unspecified atom stereocenters. The van der Waals surface area contributed by atoms with Crippen LogP contribution in [0.25, 0.3) is 11.3 Å². The van der Waals surface area contributed by atoms with Crippen molar-refractivity contribution in [3.8, 4) is 11.3 Å². The SMILES string of the molecule is Cc1ccc2c(c1)C1c3ccccc3C2c2ccc(-c3ccccc3C)[n+](C)c21. The molecule has 3 aliphatic carbocycles. The lowest BCUT2D eigenvalue weighted by molar-refractivity contribution is -0.669. The molecule has 0 amide bonds. The van der Waals surface area contributed by atoms with Crippen molar-refractivity contribution < 1.29 is 4.57 Å². The summed E-state index contributed by atoms with van der Waals surface area (Å²) in [6.45, 7) is 4.41. The monoisotopic (exact) mass is 374 g/mol. The van der Waals surface area contributed by atoms with Crippen molar-refractivity contribution in [3.63, 3.8) is 0 Å². The van der Waals surface area contributed by atoms with Gasteiger partial charge in [0.25, 0.3) is 0 Å². The van der Waals surface area contributed by atoms with Gasteiger partial charge in [-0.2, -0.15) is 4.57 Å². The van der Waals surface area contributed by atoms with Crippen LogP contribution >= 0.6 is 0 Å². The summed E-state index contributed by atoms with van der Waals surface area (Å²) < 4.78 is 2.45. The topological polar surface area (TPSA) is 3.88 Å². The zero-order valence-corrected chi connectivity index (χ0v) is 17.1.